The van der Waals surface area contributed by atoms with Crippen LogP contribution in [0.1, 0.15) is 24.0 Å². The molecular weight excluding hydrogens is 284 g/mol. The molecule has 4 heteroatoms. The van der Waals surface area contributed by atoms with Crippen LogP contribution in [0.15, 0.2) is 48.5 Å². The highest BCUT2D eigenvalue weighted by Gasteiger charge is 2.45. The van der Waals surface area contributed by atoms with Crippen molar-refractivity contribution >= 4 is 23.3 Å². The van der Waals surface area contributed by atoms with Crippen molar-refractivity contribution in [1.82, 2.24) is 5.32 Å². The van der Waals surface area contributed by atoms with Crippen LogP contribution in [0.2, 0.25) is 5.02 Å². The molecule has 0 heterocycles. The van der Waals surface area contributed by atoms with E-state index in [1.165, 1.54) is 11.1 Å². The standard InChI is InChI=1S/C17H17ClN2O/c1-12-2-4-13(5-3-12)17(10-11-17)20-16(21)19-15-8-6-14(18)7-9-15/h2-9H,10-11H2,1H3,(H2,19,20,21). The molecule has 0 saturated heterocycles. The molecule has 0 aliphatic heterocycles. The van der Waals surface area contributed by atoms with Gasteiger partial charge in [0.1, 0.15) is 0 Å². The number of benzene rings is 2. The molecule has 1 saturated carbocycles. The summed E-state index contributed by atoms with van der Waals surface area (Å²) in [4.78, 5) is 12.1. The van der Waals surface area contributed by atoms with Crippen LogP contribution in [0, 0.1) is 6.92 Å². The van der Waals surface area contributed by atoms with E-state index < -0.39 is 0 Å². The number of urea groups is 1. The topological polar surface area (TPSA) is 41.1 Å². The van der Waals surface area contributed by atoms with E-state index in [1.807, 2.05) is 0 Å². The summed E-state index contributed by atoms with van der Waals surface area (Å²) in [6, 6.07) is 15.2. The van der Waals surface area contributed by atoms with Gasteiger partial charge < -0.3 is 10.6 Å². The molecule has 108 valence electrons. The zero-order chi connectivity index (χ0) is 14.9. The van der Waals surface area contributed by atoms with Gasteiger partial charge in [-0.2, -0.15) is 0 Å². The zero-order valence-corrected chi connectivity index (χ0v) is 12.6. The molecule has 0 radical (unpaired) electrons. The highest BCUT2D eigenvalue weighted by Crippen LogP contribution is 2.45. The van der Waals surface area contributed by atoms with Crippen molar-refractivity contribution in [2.45, 2.75) is 25.3 Å². The van der Waals surface area contributed by atoms with Gasteiger partial charge in [0.05, 0.1) is 5.54 Å². The van der Waals surface area contributed by atoms with E-state index in [-0.39, 0.29) is 11.6 Å². The number of amides is 2. The van der Waals surface area contributed by atoms with E-state index in [2.05, 4.69) is 41.8 Å². The summed E-state index contributed by atoms with van der Waals surface area (Å²) in [5.74, 6) is 0. The minimum atomic E-state index is -0.204. The van der Waals surface area contributed by atoms with Crippen LogP contribution in [-0.4, -0.2) is 6.03 Å². The second-order valence-electron chi connectivity index (χ2n) is 5.53. The van der Waals surface area contributed by atoms with E-state index in [0.29, 0.717) is 5.02 Å². The van der Waals surface area contributed by atoms with Gasteiger partial charge in [-0.25, -0.2) is 4.79 Å². The third kappa shape index (κ3) is 3.19. The monoisotopic (exact) mass is 300 g/mol. The van der Waals surface area contributed by atoms with E-state index in [9.17, 15) is 4.79 Å². The number of halogens is 1. The Bertz CT molecular complexity index is 645. The first kappa shape index (κ1) is 14.0. The van der Waals surface area contributed by atoms with Gasteiger partial charge in [0.2, 0.25) is 0 Å². The Morgan fingerprint density at radius 2 is 1.67 bits per heavy atom. The van der Waals surface area contributed by atoms with Gasteiger partial charge in [0, 0.05) is 10.7 Å². The number of hydrogen-bond donors (Lipinski definition) is 2. The molecule has 1 fully saturated rings. The van der Waals surface area contributed by atoms with Gasteiger partial charge in [-0.15, -0.1) is 0 Å². The number of nitrogens with one attached hydrogen (secondary N) is 2. The zero-order valence-electron chi connectivity index (χ0n) is 11.8. The summed E-state index contributed by atoms with van der Waals surface area (Å²) < 4.78 is 0. The van der Waals surface area contributed by atoms with Gasteiger partial charge in [-0.3, -0.25) is 0 Å². The summed E-state index contributed by atoms with van der Waals surface area (Å²) in [6.07, 6.45) is 1.95. The van der Waals surface area contributed by atoms with Crippen molar-refractivity contribution < 1.29 is 4.79 Å². The predicted octanol–water partition coefficient (Wildman–Crippen LogP) is 4.46. The third-order valence-corrected chi connectivity index (χ3v) is 4.06. The van der Waals surface area contributed by atoms with Crippen molar-refractivity contribution in [3.63, 3.8) is 0 Å². The maximum atomic E-state index is 12.1. The molecule has 2 aromatic carbocycles. The molecule has 3 rings (SSSR count). The molecular formula is C17H17ClN2O. The lowest BCUT2D eigenvalue weighted by Gasteiger charge is -2.18. The molecule has 0 atom stereocenters. The molecule has 0 unspecified atom stereocenters. The van der Waals surface area contributed by atoms with Crippen molar-refractivity contribution in [2.24, 2.45) is 0 Å². The van der Waals surface area contributed by atoms with Gasteiger partial charge in [-0.05, 0) is 49.6 Å². The normalized spacial score (nSPS) is 15.3. The van der Waals surface area contributed by atoms with Gasteiger partial charge in [0.15, 0.2) is 0 Å². The van der Waals surface area contributed by atoms with Crippen molar-refractivity contribution in [2.75, 3.05) is 5.32 Å². The Morgan fingerprint density at radius 3 is 2.24 bits per heavy atom. The molecule has 2 amide bonds. The average Bonchev–Trinajstić information content (AvgIpc) is 3.23. The number of rotatable bonds is 3. The lowest BCUT2D eigenvalue weighted by atomic mass is 10.0. The first-order valence-electron chi connectivity index (χ1n) is 6.99. The first-order valence-corrected chi connectivity index (χ1v) is 7.37. The average molecular weight is 301 g/mol. The van der Waals surface area contributed by atoms with Crippen molar-refractivity contribution in [3.8, 4) is 0 Å². The second-order valence-corrected chi connectivity index (χ2v) is 5.97. The lowest BCUT2D eigenvalue weighted by molar-refractivity contribution is 0.247. The highest BCUT2D eigenvalue weighted by atomic mass is 35.5. The summed E-state index contributed by atoms with van der Waals surface area (Å²) >= 11 is 5.83. The van der Waals surface area contributed by atoms with Crippen LogP contribution in [0.4, 0.5) is 10.5 Å². The SMILES string of the molecule is Cc1ccc(C2(NC(=O)Nc3ccc(Cl)cc3)CC2)cc1. The third-order valence-electron chi connectivity index (χ3n) is 3.81. The summed E-state index contributed by atoms with van der Waals surface area (Å²) in [7, 11) is 0. The number of carbonyl (C=O) groups excluding carboxylic acids is 1. The van der Waals surface area contributed by atoms with Crippen LogP contribution in [-0.2, 0) is 5.54 Å². The minimum Gasteiger partial charge on any atom is -0.328 e. The Hall–Kier alpha value is -2.00. The fraction of sp³-hybridized carbons (Fsp3) is 0.235. The second kappa shape index (κ2) is 5.41. The molecule has 2 aromatic rings. The van der Waals surface area contributed by atoms with Gasteiger partial charge in [0.25, 0.3) is 0 Å². The number of aryl methyl sites for hydroxylation is 1. The maximum absolute atomic E-state index is 12.1. The Kier molecular flexibility index (Phi) is 3.60. The molecule has 0 aromatic heterocycles. The molecule has 21 heavy (non-hydrogen) atoms. The van der Waals surface area contributed by atoms with E-state index in [0.717, 1.165) is 18.5 Å². The quantitative estimate of drug-likeness (QED) is 0.863. The number of hydrogen-bond acceptors (Lipinski definition) is 1. The Balaban J connectivity index is 1.67. The number of carbonyl (C=O) groups is 1. The van der Waals surface area contributed by atoms with Crippen LogP contribution in [0.25, 0.3) is 0 Å². The molecule has 2 N–H and O–H groups in total. The smallest absolute Gasteiger partial charge is 0.319 e. The fourth-order valence-corrected chi connectivity index (χ4v) is 2.52. The summed E-state index contributed by atoms with van der Waals surface area (Å²) in [5, 5.41) is 6.57. The van der Waals surface area contributed by atoms with Crippen molar-refractivity contribution in [1.29, 1.82) is 0 Å². The molecule has 3 nitrogen and oxygen atoms in total. The maximum Gasteiger partial charge on any atom is 0.319 e. The molecule has 1 aliphatic rings. The number of anilines is 1. The highest BCUT2D eigenvalue weighted by molar-refractivity contribution is 6.30. The van der Waals surface area contributed by atoms with Gasteiger partial charge in [-0.1, -0.05) is 41.4 Å². The van der Waals surface area contributed by atoms with E-state index in [1.54, 1.807) is 24.3 Å². The van der Waals surface area contributed by atoms with Gasteiger partial charge >= 0.3 is 6.03 Å². The Morgan fingerprint density at radius 1 is 1.05 bits per heavy atom. The first-order chi connectivity index (χ1) is 10.1. The minimum absolute atomic E-state index is 0.185. The Labute approximate surface area is 129 Å². The fourth-order valence-electron chi connectivity index (χ4n) is 2.40. The molecule has 0 bridgehead atoms. The van der Waals surface area contributed by atoms with Crippen LogP contribution >= 0.6 is 11.6 Å². The molecule has 0 spiro atoms. The summed E-state index contributed by atoms with van der Waals surface area (Å²) in [6.45, 7) is 2.06. The van der Waals surface area contributed by atoms with Crippen LogP contribution < -0.4 is 10.6 Å². The lowest BCUT2D eigenvalue weighted by Crippen LogP contribution is -2.38. The van der Waals surface area contributed by atoms with Crippen LogP contribution in [0.3, 0.4) is 0 Å². The van der Waals surface area contributed by atoms with Crippen LogP contribution in [0.5, 0.6) is 0 Å². The predicted molar refractivity (Wildman–Crippen MR) is 85.7 cm³/mol. The van der Waals surface area contributed by atoms with E-state index in [4.69, 9.17) is 11.6 Å². The molecule has 1 aliphatic carbocycles. The van der Waals surface area contributed by atoms with E-state index >= 15 is 0 Å². The summed E-state index contributed by atoms with van der Waals surface area (Å²) in [5.41, 5.74) is 2.92. The van der Waals surface area contributed by atoms with Crippen molar-refractivity contribution in [3.05, 3.63) is 64.7 Å². The largest absolute Gasteiger partial charge is 0.328 e.